The van der Waals surface area contributed by atoms with Crippen molar-refractivity contribution in [2.24, 2.45) is 16.7 Å². The van der Waals surface area contributed by atoms with Gasteiger partial charge in [-0.05, 0) is 62.7 Å². The standard InChI is InChI=1S/C31H56O2/c1-6-8-10-12-14-16-18-20-22-25-31(33)29(5)26-23-27(28(29,3)4)30(31,32)24-21-19-17-15-13-11-9-7-2/h6-7,27,32-33H,1-2,8-26H2,3-5H3/t27-,29-,30+,31+/m0/s1. The molecule has 2 heteroatoms. The normalized spacial score (nSPS) is 32.3. The molecule has 2 fully saturated rings. The molecule has 2 aliphatic rings. The van der Waals surface area contributed by atoms with E-state index in [0.29, 0.717) is 0 Å². The van der Waals surface area contributed by atoms with Gasteiger partial charge in [0.05, 0.1) is 11.2 Å². The van der Waals surface area contributed by atoms with Crippen LogP contribution in [0, 0.1) is 16.7 Å². The number of rotatable bonds is 19. The highest BCUT2D eigenvalue weighted by Gasteiger charge is 2.78. The van der Waals surface area contributed by atoms with E-state index in [1.54, 1.807) is 0 Å². The minimum absolute atomic E-state index is 0.00760. The van der Waals surface area contributed by atoms with Gasteiger partial charge in [0.2, 0.25) is 0 Å². The van der Waals surface area contributed by atoms with Crippen molar-refractivity contribution in [3.05, 3.63) is 25.3 Å². The molecule has 0 aromatic carbocycles. The van der Waals surface area contributed by atoms with E-state index in [1.165, 1.54) is 70.6 Å². The first-order valence-corrected chi connectivity index (χ1v) is 14.4. The Morgan fingerprint density at radius 3 is 1.58 bits per heavy atom. The lowest BCUT2D eigenvalue weighted by molar-refractivity contribution is -0.214. The zero-order valence-corrected chi connectivity index (χ0v) is 22.5. The Morgan fingerprint density at radius 1 is 0.667 bits per heavy atom. The first-order chi connectivity index (χ1) is 15.7. The number of unbranched alkanes of at least 4 members (excludes halogenated alkanes) is 13. The van der Waals surface area contributed by atoms with Crippen molar-refractivity contribution in [1.82, 2.24) is 0 Å². The molecule has 2 aliphatic carbocycles. The third-order valence-corrected chi connectivity index (χ3v) is 10.1. The molecule has 0 spiro atoms. The predicted molar refractivity (Wildman–Crippen MR) is 143 cm³/mol. The maximum Gasteiger partial charge on any atom is 0.0994 e. The Balaban J connectivity index is 1.87. The molecule has 0 unspecified atom stereocenters. The van der Waals surface area contributed by atoms with Crippen LogP contribution in [0.25, 0.3) is 0 Å². The second-order valence-corrected chi connectivity index (χ2v) is 12.2. The van der Waals surface area contributed by atoms with Crippen LogP contribution in [0.4, 0.5) is 0 Å². The summed E-state index contributed by atoms with van der Waals surface area (Å²) in [6, 6.07) is 0. The van der Waals surface area contributed by atoms with Gasteiger partial charge in [0.1, 0.15) is 0 Å². The summed E-state index contributed by atoms with van der Waals surface area (Å²) >= 11 is 0. The van der Waals surface area contributed by atoms with E-state index in [1.807, 2.05) is 12.2 Å². The summed E-state index contributed by atoms with van der Waals surface area (Å²) in [5, 5.41) is 24.4. The number of aliphatic hydroxyl groups is 2. The van der Waals surface area contributed by atoms with E-state index >= 15 is 0 Å². The average Bonchev–Trinajstić information content (AvgIpc) is 3.07. The molecule has 0 heterocycles. The number of hydrogen-bond donors (Lipinski definition) is 2. The Labute approximate surface area is 206 Å². The molecule has 2 rings (SSSR count). The molecular weight excluding hydrogens is 404 g/mol. The molecule has 2 nitrogen and oxygen atoms in total. The van der Waals surface area contributed by atoms with Crippen LogP contribution in [0.3, 0.4) is 0 Å². The van der Waals surface area contributed by atoms with Crippen LogP contribution in [-0.2, 0) is 0 Å². The van der Waals surface area contributed by atoms with Crippen molar-refractivity contribution in [1.29, 1.82) is 0 Å². The van der Waals surface area contributed by atoms with E-state index in [4.69, 9.17) is 0 Å². The highest BCUT2D eigenvalue weighted by molar-refractivity contribution is 5.28. The maximum absolute atomic E-state index is 12.2. The minimum Gasteiger partial charge on any atom is -0.387 e. The Bertz CT molecular complexity index is 596. The Kier molecular flexibility index (Phi) is 11.2. The summed E-state index contributed by atoms with van der Waals surface area (Å²) in [7, 11) is 0. The topological polar surface area (TPSA) is 40.5 Å². The van der Waals surface area contributed by atoms with Crippen LogP contribution >= 0.6 is 0 Å². The van der Waals surface area contributed by atoms with E-state index < -0.39 is 11.2 Å². The van der Waals surface area contributed by atoms with Gasteiger partial charge in [0.15, 0.2) is 0 Å². The van der Waals surface area contributed by atoms with Gasteiger partial charge in [-0.2, -0.15) is 0 Å². The summed E-state index contributed by atoms with van der Waals surface area (Å²) in [6.07, 6.45) is 25.8. The number of fused-ring (bicyclic) bond motifs is 2. The van der Waals surface area contributed by atoms with Crippen molar-refractivity contribution >= 4 is 0 Å². The maximum atomic E-state index is 12.2. The van der Waals surface area contributed by atoms with Crippen LogP contribution in [-0.4, -0.2) is 21.4 Å². The monoisotopic (exact) mass is 460 g/mol. The zero-order chi connectivity index (χ0) is 24.4. The molecule has 0 aliphatic heterocycles. The third-order valence-electron chi connectivity index (χ3n) is 10.1. The second-order valence-electron chi connectivity index (χ2n) is 12.2. The third kappa shape index (κ3) is 5.97. The fourth-order valence-electron chi connectivity index (χ4n) is 7.66. The molecule has 33 heavy (non-hydrogen) atoms. The molecule has 0 saturated heterocycles. The van der Waals surface area contributed by atoms with Crippen molar-refractivity contribution < 1.29 is 10.2 Å². The van der Waals surface area contributed by atoms with Crippen molar-refractivity contribution in [2.75, 3.05) is 0 Å². The fourth-order valence-corrected chi connectivity index (χ4v) is 7.66. The van der Waals surface area contributed by atoms with Gasteiger partial charge in [-0.3, -0.25) is 0 Å². The quantitative estimate of drug-likeness (QED) is 0.149. The Hall–Kier alpha value is -0.600. The number of hydrogen-bond acceptors (Lipinski definition) is 2. The van der Waals surface area contributed by atoms with E-state index in [9.17, 15) is 10.2 Å². The summed E-state index contributed by atoms with van der Waals surface area (Å²) in [5.74, 6) is 0.220. The van der Waals surface area contributed by atoms with Gasteiger partial charge in [-0.1, -0.05) is 104 Å². The van der Waals surface area contributed by atoms with Crippen LogP contribution in [0.5, 0.6) is 0 Å². The van der Waals surface area contributed by atoms with Gasteiger partial charge in [-0.15, -0.1) is 13.2 Å². The van der Waals surface area contributed by atoms with Crippen molar-refractivity contribution in [3.8, 4) is 0 Å². The van der Waals surface area contributed by atoms with Crippen molar-refractivity contribution in [2.45, 2.75) is 154 Å². The molecule has 0 aromatic heterocycles. The van der Waals surface area contributed by atoms with Gasteiger partial charge in [0, 0.05) is 5.41 Å². The zero-order valence-electron chi connectivity index (χ0n) is 22.5. The molecular formula is C31H56O2. The first kappa shape index (κ1) is 28.6. The molecule has 4 atom stereocenters. The first-order valence-electron chi connectivity index (χ1n) is 14.4. The molecule has 0 aromatic rings. The van der Waals surface area contributed by atoms with E-state index in [-0.39, 0.29) is 16.7 Å². The molecule has 2 bridgehead atoms. The fraction of sp³-hybridized carbons (Fsp3) is 0.871. The summed E-state index contributed by atoms with van der Waals surface area (Å²) in [5.41, 5.74) is -2.06. The largest absolute Gasteiger partial charge is 0.387 e. The average molecular weight is 461 g/mol. The summed E-state index contributed by atoms with van der Waals surface area (Å²) < 4.78 is 0. The molecule has 2 saturated carbocycles. The summed E-state index contributed by atoms with van der Waals surface area (Å²) in [4.78, 5) is 0. The van der Waals surface area contributed by atoms with Crippen LogP contribution in [0.2, 0.25) is 0 Å². The van der Waals surface area contributed by atoms with Crippen LogP contribution in [0.15, 0.2) is 25.3 Å². The predicted octanol–water partition coefficient (Wildman–Crippen LogP) is 8.91. The van der Waals surface area contributed by atoms with Gasteiger partial charge in [0.25, 0.3) is 0 Å². The SMILES string of the molecule is C=CCCCCCCCCC[C@]1(O)[C@@](O)(CCCCCCCCC=C)[C@H]2CC[C@@]1(C)C2(C)C. The molecule has 192 valence electrons. The Morgan fingerprint density at radius 2 is 1.09 bits per heavy atom. The highest BCUT2D eigenvalue weighted by atomic mass is 16.4. The lowest BCUT2D eigenvalue weighted by Crippen LogP contribution is -2.61. The molecule has 0 radical (unpaired) electrons. The van der Waals surface area contributed by atoms with Gasteiger partial charge in [-0.25, -0.2) is 0 Å². The van der Waals surface area contributed by atoms with Gasteiger partial charge >= 0.3 is 0 Å². The van der Waals surface area contributed by atoms with Crippen LogP contribution < -0.4 is 0 Å². The smallest absolute Gasteiger partial charge is 0.0994 e. The lowest BCUT2D eigenvalue weighted by Gasteiger charge is -2.52. The van der Waals surface area contributed by atoms with Gasteiger partial charge < -0.3 is 10.2 Å². The van der Waals surface area contributed by atoms with E-state index in [0.717, 1.165) is 51.4 Å². The molecule has 2 N–H and O–H groups in total. The van der Waals surface area contributed by atoms with E-state index in [2.05, 4.69) is 33.9 Å². The highest BCUT2D eigenvalue weighted by Crippen LogP contribution is 2.75. The second kappa shape index (κ2) is 12.9. The van der Waals surface area contributed by atoms with Crippen molar-refractivity contribution in [3.63, 3.8) is 0 Å². The summed E-state index contributed by atoms with van der Waals surface area (Å²) in [6.45, 7) is 14.5. The van der Waals surface area contributed by atoms with Crippen LogP contribution in [0.1, 0.15) is 143 Å². The lowest BCUT2D eigenvalue weighted by atomic mass is 9.59. The molecule has 0 amide bonds. The number of allylic oxidation sites excluding steroid dienone is 2. The minimum atomic E-state index is -0.944.